The number of benzene rings is 3. The molecule has 1 aliphatic rings. The van der Waals surface area contributed by atoms with Gasteiger partial charge in [0.15, 0.2) is 15.6 Å². The fourth-order valence-corrected chi connectivity index (χ4v) is 7.08. The average Bonchev–Trinajstić information content (AvgIpc) is 2.86. The number of Topliss-reactive ketones (excluding diaryl/α,β-unsaturated/α-hetero) is 1. The maximum Gasteiger partial charge on any atom is 0.185 e. The van der Waals surface area contributed by atoms with Crippen LogP contribution in [0.15, 0.2) is 65.6 Å². The number of aryl methyl sites for hydroxylation is 1. The van der Waals surface area contributed by atoms with Crippen LogP contribution in [0.5, 0.6) is 5.75 Å². The highest BCUT2D eigenvalue weighted by atomic mass is 35.5. The van der Waals surface area contributed by atoms with E-state index in [1.807, 2.05) is 13.0 Å². The first kappa shape index (κ1) is 29.0. The maximum absolute atomic E-state index is 14.5. The number of fused-ring (bicyclic) bond motifs is 1. The van der Waals surface area contributed by atoms with Crippen molar-refractivity contribution in [3.05, 3.63) is 93.8 Å². The van der Waals surface area contributed by atoms with Gasteiger partial charge in [-0.1, -0.05) is 41.9 Å². The van der Waals surface area contributed by atoms with Crippen molar-refractivity contribution >= 4 is 38.9 Å². The summed E-state index contributed by atoms with van der Waals surface area (Å²) >= 11 is 6.25. The van der Waals surface area contributed by atoms with Crippen LogP contribution in [-0.2, 0) is 14.6 Å². The van der Waals surface area contributed by atoms with Crippen molar-refractivity contribution in [2.45, 2.75) is 68.8 Å². The van der Waals surface area contributed by atoms with E-state index in [1.165, 1.54) is 26.0 Å². The topological polar surface area (TPSA) is 80.7 Å². The van der Waals surface area contributed by atoms with Gasteiger partial charge in [0.25, 0.3) is 0 Å². The third kappa shape index (κ3) is 6.43. The number of rotatable bonds is 8. The highest BCUT2D eigenvalue weighted by Crippen LogP contribution is 2.44. The second-order valence-corrected chi connectivity index (χ2v) is 13.1. The molecule has 206 valence electrons. The Labute approximate surface area is 234 Å². The molecule has 8 heteroatoms. The summed E-state index contributed by atoms with van der Waals surface area (Å²) in [5.74, 6) is -0.361. The van der Waals surface area contributed by atoms with Crippen molar-refractivity contribution in [2.24, 2.45) is 0 Å². The number of aliphatic hydroxyl groups is 1. The molecule has 0 saturated heterocycles. The molecule has 1 aliphatic heterocycles. The molecule has 0 fully saturated rings. The van der Waals surface area contributed by atoms with E-state index in [2.05, 4.69) is 0 Å². The van der Waals surface area contributed by atoms with E-state index in [-0.39, 0.29) is 40.5 Å². The molecule has 0 radical (unpaired) electrons. The Balaban J connectivity index is 1.75. The lowest BCUT2D eigenvalue weighted by Crippen LogP contribution is -2.34. The Morgan fingerprint density at radius 3 is 2.54 bits per heavy atom. The fourth-order valence-electron chi connectivity index (χ4n) is 4.83. The summed E-state index contributed by atoms with van der Waals surface area (Å²) in [7, 11) is -3.82. The maximum atomic E-state index is 14.5. The number of carbonyl (C=O) groups excluding carboxylic acids is 1. The molecule has 2 unspecified atom stereocenters. The Hall–Kier alpha value is -3.00. The predicted molar refractivity (Wildman–Crippen MR) is 152 cm³/mol. The smallest absolute Gasteiger partial charge is 0.185 e. The SMILES string of the molecule is C/C(=C\c1ccc2c(c1)C(S(=O)(=O)c1cccc(C)c1)CC(CCC(=O)C(C)(C)O)O2)c1c(F)cccc1Cl. The van der Waals surface area contributed by atoms with Crippen LogP contribution in [0.4, 0.5) is 4.39 Å². The Morgan fingerprint density at radius 2 is 1.87 bits per heavy atom. The Morgan fingerprint density at radius 1 is 1.15 bits per heavy atom. The van der Waals surface area contributed by atoms with Gasteiger partial charge in [0.05, 0.1) is 15.2 Å². The van der Waals surface area contributed by atoms with E-state index >= 15 is 0 Å². The monoisotopic (exact) mass is 570 g/mol. The van der Waals surface area contributed by atoms with E-state index in [4.69, 9.17) is 16.3 Å². The number of sulfone groups is 1. The highest BCUT2D eigenvalue weighted by Gasteiger charge is 2.38. The molecule has 4 rings (SSSR count). The lowest BCUT2D eigenvalue weighted by atomic mass is 9.93. The minimum Gasteiger partial charge on any atom is -0.490 e. The summed E-state index contributed by atoms with van der Waals surface area (Å²) in [5.41, 5.74) is 1.41. The van der Waals surface area contributed by atoms with Crippen LogP contribution >= 0.6 is 11.6 Å². The molecule has 0 amide bonds. The van der Waals surface area contributed by atoms with Gasteiger partial charge in [0, 0.05) is 24.0 Å². The molecule has 39 heavy (non-hydrogen) atoms. The highest BCUT2D eigenvalue weighted by molar-refractivity contribution is 7.91. The largest absolute Gasteiger partial charge is 0.490 e. The molecular formula is C31H32ClFO5S. The normalized spacial score (nSPS) is 17.9. The van der Waals surface area contributed by atoms with Crippen molar-refractivity contribution < 1.29 is 27.4 Å². The summed E-state index contributed by atoms with van der Waals surface area (Å²) in [6.45, 7) is 6.45. The first-order valence-electron chi connectivity index (χ1n) is 12.8. The molecule has 2 atom stereocenters. The van der Waals surface area contributed by atoms with Gasteiger partial charge in [-0.15, -0.1) is 0 Å². The van der Waals surface area contributed by atoms with Crippen LogP contribution in [0.1, 0.15) is 67.5 Å². The molecule has 0 bridgehead atoms. The molecule has 0 spiro atoms. The van der Waals surface area contributed by atoms with Crippen LogP contribution in [0.25, 0.3) is 11.6 Å². The van der Waals surface area contributed by atoms with Gasteiger partial charge >= 0.3 is 0 Å². The zero-order valence-electron chi connectivity index (χ0n) is 22.4. The van der Waals surface area contributed by atoms with Crippen LogP contribution in [0, 0.1) is 12.7 Å². The van der Waals surface area contributed by atoms with Gasteiger partial charge < -0.3 is 9.84 Å². The minimum absolute atomic E-state index is 0.0597. The van der Waals surface area contributed by atoms with Crippen molar-refractivity contribution in [1.82, 2.24) is 0 Å². The quantitative estimate of drug-likeness (QED) is 0.291. The van der Waals surface area contributed by atoms with Gasteiger partial charge in [-0.05, 0) is 87.2 Å². The molecule has 0 aromatic heterocycles. The molecule has 3 aromatic rings. The number of ketones is 1. The zero-order chi connectivity index (χ0) is 28.5. The van der Waals surface area contributed by atoms with Gasteiger partial charge in [-0.2, -0.15) is 0 Å². The minimum atomic E-state index is -3.82. The summed E-state index contributed by atoms with van der Waals surface area (Å²) in [4.78, 5) is 12.5. The van der Waals surface area contributed by atoms with Gasteiger partial charge in [-0.3, -0.25) is 4.79 Å². The number of hydrogen-bond donors (Lipinski definition) is 1. The van der Waals surface area contributed by atoms with Crippen molar-refractivity contribution in [2.75, 3.05) is 0 Å². The van der Waals surface area contributed by atoms with E-state index in [0.717, 1.165) is 5.56 Å². The fraction of sp³-hybridized carbons (Fsp3) is 0.323. The van der Waals surface area contributed by atoms with Crippen molar-refractivity contribution in [1.29, 1.82) is 0 Å². The summed E-state index contributed by atoms with van der Waals surface area (Å²) in [6.07, 6.45) is 1.70. The zero-order valence-corrected chi connectivity index (χ0v) is 23.9. The van der Waals surface area contributed by atoms with Gasteiger partial charge in [0.2, 0.25) is 0 Å². The van der Waals surface area contributed by atoms with Crippen LogP contribution in [0.2, 0.25) is 5.02 Å². The first-order chi connectivity index (χ1) is 18.3. The second-order valence-electron chi connectivity index (χ2n) is 10.6. The molecule has 0 aliphatic carbocycles. The standard InChI is InChI=1S/C31H32ClFO5S/c1-19-7-5-8-23(15-19)39(36,37)28-18-22(12-14-29(34)31(3,4)35)38-27-13-11-21(17-24(27)28)16-20(2)30-25(32)9-6-10-26(30)33/h5-11,13,15-17,22,28,35H,12,14,18H2,1-4H3/b20-16+. The van der Waals surface area contributed by atoms with E-state index in [1.54, 1.807) is 55.5 Å². The average molecular weight is 571 g/mol. The number of hydrogen-bond acceptors (Lipinski definition) is 5. The Kier molecular flexibility index (Phi) is 8.36. The number of ether oxygens (including phenoxy) is 1. The molecule has 3 aromatic carbocycles. The van der Waals surface area contributed by atoms with Gasteiger partial charge in [-0.25, -0.2) is 12.8 Å². The molecule has 1 N–H and O–H groups in total. The summed E-state index contributed by atoms with van der Waals surface area (Å²) < 4.78 is 48.5. The summed E-state index contributed by atoms with van der Waals surface area (Å²) in [5, 5.41) is 9.39. The third-order valence-electron chi connectivity index (χ3n) is 6.96. The summed E-state index contributed by atoms with van der Waals surface area (Å²) in [6, 6.07) is 16.5. The van der Waals surface area contributed by atoms with E-state index in [0.29, 0.717) is 22.4 Å². The lowest BCUT2D eigenvalue weighted by molar-refractivity contribution is -0.134. The van der Waals surface area contributed by atoms with E-state index < -0.39 is 32.6 Å². The predicted octanol–water partition coefficient (Wildman–Crippen LogP) is 7.13. The van der Waals surface area contributed by atoms with Gasteiger partial charge in [0.1, 0.15) is 23.3 Å². The van der Waals surface area contributed by atoms with Crippen molar-refractivity contribution in [3.8, 4) is 5.75 Å². The Bertz CT molecular complexity index is 1520. The molecule has 1 heterocycles. The molecule has 0 saturated carbocycles. The molecular weight excluding hydrogens is 539 g/mol. The van der Waals surface area contributed by atoms with Crippen LogP contribution < -0.4 is 4.74 Å². The number of carbonyl (C=O) groups is 1. The molecule has 5 nitrogen and oxygen atoms in total. The lowest BCUT2D eigenvalue weighted by Gasteiger charge is -2.32. The van der Waals surface area contributed by atoms with Crippen LogP contribution in [-0.4, -0.2) is 31.0 Å². The van der Waals surface area contributed by atoms with Crippen molar-refractivity contribution in [3.63, 3.8) is 0 Å². The third-order valence-corrected chi connectivity index (χ3v) is 9.38. The number of allylic oxidation sites excluding steroid dienone is 1. The number of halogens is 2. The van der Waals surface area contributed by atoms with E-state index in [9.17, 15) is 22.7 Å². The second kappa shape index (κ2) is 11.2. The first-order valence-corrected chi connectivity index (χ1v) is 14.7. The van der Waals surface area contributed by atoms with Crippen LogP contribution in [0.3, 0.4) is 0 Å².